The summed E-state index contributed by atoms with van der Waals surface area (Å²) >= 11 is 0. The largest absolute Gasteiger partial charge is 0.330 e. The maximum Gasteiger partial charge on any atom is 0.330 e. The van der Waals surface area contributed by atoms with Crippen molar-refractivity contribution < 1.29 is 4.39 Å². The summed E-state index contributed by atoms with van der Waals surface area (Å²) in [6, 6.07) is 6.43. The molecule has 0 aliphatic rings. The van der Waals surface area contributed by atoms with E-state index in [-0.39, 0.29) is 17.1 Å². The highest BCUT2D eigenvalue weighted by atomic mass is 19.1. The van der Waals surface area contributed by atoms with Crippen LogP contribution in [0.2, 0.25) is 0 Å². The fraction of sp³-hybridized carbons (Fsp3) is 0.333. The van der Waals surface area contributed by atoms with E-state index in [1.165, 1.54) is 23.7 Å². The molecule has 21 heavy (non-hydrogen) atoms. The van der Waals surface area contributed by atoms with Crippen molar-refractivity contribution in [3.05, 3.63) is 68.2 Å². The van der Waals surface area contributed by atoms with Gasteiger partial charge in [0, 0.05) is 32.4 Å². The fourth-order valence-corrected chi connectivity index (χ4v) is 2.15. The lowest BCUT2D eigenvalue weighted by atomic mass is 10.1. The highest BCUT2D eigenvalue weighted by Crippen LogP contribution is 2.03. The first-order valence-electron chi connectivity index (χ1n) is 6.69. The first-order valence-corrected chi connectivity index (χ1v) is 6.69. The van der Waals surface area contributed by atoms with Crippen LogP contribution in [0, 0.1) is 5.82 Å². The quantitative estimate of drug-likeness (QED) is 0.819. The van der Waals surface area contributed by atoms with Gasteiger partial charge in [-0.15, -0.1) is 0 Å². The lowest BCUT2D eigenvalue weighted by molar-refractivity contribution is 0.617. The molecule has 1 aromatic heterocycles. The Labute approximate surface area is 121 Å². The molecule has 0 aliphatic carbocycles. The van der Waals surface area contributed by atoms with Gasteiger partial charge in [0.15, 0.2) is 0 Å². The second kappa shape index (κ2) is 6.49. The second-order valence-electron chi connectivity index (χ2n) is 4.97. The summed E-state index contributed by atoms with van der Waals surface area (Å²) in [4.78, 5) is 23.5. The smallest absolute Gasteiger partial charge is 0.312 e. The summed E-state index contributed by atoms with van der Waals surface area (Å²) in [7, 11) is 3.07. The van der Waals surface area contributed by atoms with Crippen LogP contribution >= 0.6 is 0 Å². The number of rotatable bonds is 5. The van der Waals surface area contributed by atoms with Crippen molar-refractivity contribution in [3.63, 3.8) is 0 Å². The Kier molecular flexibility index (Phi) is 4.70. The summed E-state index contributed by atoms with van der Waals surface area (Å²) < 4.78 is 15.5. The Morgan fingerprint density at radius 1 is 1.24 bits per heavy atom. The summed E-state index contributed by atoms with van der Waals surface area (Å²) in [6.45, 7) is 0.992. The van der Waals surface area contributed by atoms with E-state index in [4.69, 9.17) is 0 Å². The van der Waals surface area contributed by atoms with Crippen LogP contribution < -0.4 is 16.6 Å². The van der Waals surface area contributed by atoms with Gasteiger partial charge in [0.2, 0.25) is 0 Å². The van der Waals surface area contributed by atoms with Gasteiger partial charge in [-0.2, -0.15) is 0 Å². The monoisotopic (exact) mass is 291 g/mol. The molecular formula is C15H18FN3O2. The average molecular weight is 291 g/mol. The van der Waals surface area contributed by atoms with E-state index < -0.39 is 0 Å². The normalized spacial score (nSPS) is 10.8. The third kappa shape index (κ3) is 3.66. The van der Waals surface area contributed by atoms with E-state index in [1.807, 2.05) is 6.07 Å². The fourth-order valence-electron chi connectivity index (χ4n) is 2.15. The summed E-state index contributed by atoms with van der Waals surface area (Å²) in [5.74, 6) is -0.251. The number of aromatic nitrogens is 2. The Morgan fingerprint density at radius 3 is 2.71 bits per heavy atom. The maximum atomic E-state index is 13.0. The third-order valence-corrected chi connectivity index (χ3v) is 3.31. The molecule has 1 heterocycles. The van der Waals surface area contributed by atoms with Crippen molar-refractivity contribution in [3.8, 4) is 0 Å². The standard InChI is InChI=1S/C15H18FN3O2/c1-18-10-12(14(20)19(2)15(18)21)9-17-7-6-11-4-3-5-13(16)8-11/h3-5,8,10,17H,6-7,9H2,1-2H3. The van der Waals surface area contributed by atoms with Crippen LogP contribution in [0.1, 0.15) is 11.1 Å². The molecule has 0 spiro atoms. The molecule has 0 bridgehead atoms. The van der Waals surface area contributed by atoms with Gasteiger partial charge >= 0.3 is 5.69 Å². The van der Waals surface area contributed by atoms with Crippen LogP contribution in [0.4, 0.5) is 4.39 Å². The zero-order valence-corrected chi connectivity index (χ0v) is 12.1. The zero-order valence-electron chi connectivity index (χ0n) is 12.1. The number of halogens is 1. The summed E-state index contributed by atoms with van der Waals surface area (Å²) in [5.41, 5.74) is 0.787. The lowest BCUT2D eigenvalue weighted by Crippen LogP contribution is -2.39. The van der Waals surface area contributed by atoms with Crippen molar-refractivity contribution in [2.45, 2.75) is 13.0 Å². The number of aryl methyl sites for hydroxylation is 1. The van der Waals surface area contributed by atoms with Gasteiger partial charge in [-0.3, -0.25) is 9.36 Å². The highest BCUT2D eigenvalue weighted by Gasteiger charge is 2.06. The SMILES string of the molecule is Cn1cc(CNCCc2cccc(F)c2)c(=O)n(C)c1=O. The zero-order chi connectivity index (χ0) is 15.4. The number of benzene rings is 1. The predicted molar refractivity (Wildman–Crippen MR) is 78.7 cm³/mol. The van der Waals surface area contributed by atoms with Crippen LogP contribution in [0.3, 0.4) is 0 Å². The molecule has 0 amide bonds. The van der Waals surface area contributed by atoms with Crippen molar-refractivity contribution in [1.82, 2.24) is 14.5 Å². The number of nitrogens with zero attached hydrogens (tertiary/aromatic N) is 2. The van der Waals surface area contributed by atoms with E-state index >= 15 is 0 Å². The number of nitrogens with one attached hydrogen (secondary N) is 1. The van der Waals surface area contributed by atoms with Crippen LogP contribution in [0.5, 0.6) is 0 Å². The van der Waals surface area contributed by atoms with E-state index in [0.717, 1.165) is 10.1 Å². The van der Waals surface area contributed by atoms with E-state index in [0.29, 0.717) is 25.1 Å². The van der Waals surface area contributed by atoms with E-state index in [2.05, 4.69) is 5.32 Å². The van der Waals surface area contributed by atoms with Crippen molar-refractivity contribution in [2.24, 2.45) is 14.1 Å². The Bertz CT molecular complexity index is 749. The minimum atomic E-state index is -0.344. The molecule has 1 aromatic carbocycles. The predicted octanol–water partition coefficient (Wildman–Crippen LogP) is 0.555. The van der Waals surface area contributed by atoms with Crippen LogP contribution in [-0.2, 0) is 27.1 Å². The number of hydrogen-bond acceptors (Lipinski definition) is 3. The van der Waals surface area contributed by atoms with Crippen molar-refractivity contribution in [1.29, 1.82) is 0 Å². The molecule has 2 aromatic rings. The molecule has 5 nitrogen and oxygen atoms in total. The van der Waals surface area contributed by atoms with Crippen molar-refractivity contribution >= 4 is 0 Å². The van der Waals surface area contributed by atoms with Crippen LogP contribution in [0.15, 0.2) is 40.1 Å². The molecule has 0 aliphatic heterocycles. The molecule has 6 heteroatoms. The van der Waals surface area contributed by atoms with Crippen LogP contribution in [0.25, 0.3) is 0 Å². The van der Waals surface area contributed by atoms with Crippen molar-refractivity contribution in [2.75, 3.05) is 6.54 Å². The third-order valence-electron chi connectivity index (χ3n) is 3.31. The molecule has 1 N–H and O–H groups in total. The molecule has 0 saturated heterocycles. The molecule has 0 fully saturated rings. The second-order valence-corrected chi connectivity index (χ2v) is 4.97. The molecule has 0 saturated carbocycles. The summed E-state index contributed by atoms with van der Waals surface area (Å²) in [6.07, 6.45) is 2.21. The molecule has 0 unspecified atom stereocenters. The highest BCUT2D eigenvalue weighted by molar-refractivity contribution is 5.16. The minimum absolute atomic E-state index is 0.251. The number of hydrogen-bond donors (Lipinski definition) is 1. The topological polar surface area (TPSA) is 56.0 Å². The molecule has 0 atom stereocenters. The Balaban J connectivity index is 1.95. The minimum Gasteiger partial charge on any atom is -0.312 e. The molecule has 0 radical (unpaired) electrons. The van der Waals surface area contributed by atoms with Gasteiger partial charge < -0.3 is 9.88 Å². The molecular weight excluding hydrogens is 273 g/mol. The first kappa shape index (κ1) is 15.2. The van der Waals surface area contributed by atoms with E-state index in [1.54, 1.807) is 19.3 Å². The molecule has 2 rings (SSSR count). The van der Waals surface area contributed by atoms with Gasteiger partial charge in [0.25, 0.3) is 5.56 Å². The van der Waals surface area contributed by atoms with Gasteiger partial charge in [-0.05, 0) is 30.7 Å². The van der Waals surface area contributed by atoms with Gasteiger partial charge in [0.05, 0.1) is 0 Å². The van der Waals surface area contributed by atoms with E-state index in [9.17, 15) is 14.0 Å². The van der Waals surface area contributed by atoms with Gasteiger partial charge in [0.1, 0.15) is 5.82 Å². The maximum absolute atomic E-state index is 13.0. The molecule has 112 valence electrons. The van der Waals surface area contributed by atoms with Crippen LogP contribution in [-0.4, -0.2) is 15.7 Å². The average Bonchev–Trinajstić information content (AvgIpc) is 2.46. The Hall–Kier alpha value is -2.21. The van der Waals surface area contributed by atoms with Gasteiger partial charge in [-0.1, -0.05) is 12.1 Å². The van der Waals surface area contributed by atoms with Gasteiger partial charge in [-0.25, -0.2) is 9.18 Å². The first-order chi connectivity index (χ1) is 9.99. The lowest BCUT2D eigenvalue weighted by Gasteiger charge is -2.08. The Morgan fingerprint density at radius 2 is 2.00 bits per heavy atom. The summed E-state index contributed by atoms with van der Waals surface area (Å²) in [5, 5.41) is 3.13.